The van der Waals surface area contributed by atoms with Crippen LogP contribution in [0.5, 0.6) is 0 Å². The predicted molar refractivity (Wildman–Crippen MR) is 57.0 cm³/mol. The number of ether oxygens (including phenoxy) is 1. The lowest BCUT2D eigenvalue weighted by Gasteiger charge is -2.07. The van der Waals surface area contributed by atoms with E-state index in [2.05, 4.69) is 0 Å². The lowest BCUT2D eigenvalue weighted by molar-refractivity contribution is -0.138. The van der Waals surface area contributed by atoms with Gasteiger partial charge in [-0.05, 0) is 12.1 Å². The van der Waals surface area contributed by atoms with Crippen molar-refractivity contribution in [1.29, 1.82) is 0 Å². The Bertz CT molecular complexity index is 364. The van der Waals surface area contributed by atoms with Gasteiger partial charge in [-0.3, -0.25) is 4.79 Å². The van der Waals surface area contributed by atoms with E-state index in [1.165, 1.54) is 0 Å². The molecule has 0 unspecified atom stereocenters. The van der Waals surface area contributed by atoms with Crippen LogP contribution in [0, 0.1) is 0 Å². The summed E-state index contributed by atoms with van der Waals surface area (Å²) in [6, 6.07) is 7.48. The molecule has 0 spiro atoms. The standard InChI is InChI=1S/C11H13NO4/c12-9(10(13)14)6-7-16-11(15)8-4-2-1-3-5-8/h1-5,9H,6-7,12H2,(H,13,14)/t9-/m0/s1. The van der Waals surface area contributed by atoms with Gasteiger partial charge in [0.2, 0.25) is 0 Å². The largest absolute Gasteiger partial charge is 0.480 e. The average molecular weight is 223 g/mol. The van der Waals surface area contributed by atoms with Gasteiger partial charge in [0.05, 0.1) is 12.2 Å². The Kier molecular flexibility index (Phi) is 4.47. The maximum atomic E-state index is 11.4. The van der Waals surface area contributed by atoms with Crippen molar-refractivity contribution >= 4 is 11.9 Å². The van der Waals surface area contributed by atoms with Crippen molar-refractivity contribution in [3.05, 3.63) is 35.9 Å². The van der Waals surface area contributed by atoms with Gasteiger partial charge in [0.1, 0.15) is 6.04 Å². The highest BCUT2D eigenvalue weighted by molar-refractivity contribution is 5.89. The third-order valence-electron chi connectivity index (χ3n) is 1.99. The SMILES string of the molecule is N[C@@H](CCOC(=O)c1ccccc1)C(=O)O. The maximum absolute atomic E-state index is 11.4. The highest BCUT2D eigenvalue weighted by Crippen LogP contribution is 2.01. The van der Waals surface area contributed by atoms with Crippen LogP contribution < -0.4 is 5.73 Å². The summed E-state index contributed by atoms with van der Waals surface area (Å²) in [4.78, 5) is 21.8. The van der Waals surface area contributed by atoms with Gasteiger partial charge in [-0.2, -0.15) is 0 Å². The van der Waals surface area contributed by atoms with Crippen molar-refractivity contribution in [2.75, 3.05) is 6.61 Å². The quantitative estimate of drug-likeness (QED) is 0.715. The van der Waals surface area contributed by atoms with Gasteiger partial charge in [-0.1, -0.05) is 18.2 Å². The van der Waals surface area contributed by atoms with E-state index >= 15 is 0 Å². The van der Waals surface area contributed by atoms with Crippen molar-refractivity contribution in [3.8, 4) is 0 Å². The number of carboxylic acids is 1. The molecule has 5 heteroatoms. The lowest BCUT2D eigenvalue weighted by atomic mass is 10.2. The minimum Gasteiger partial charge on any atom is -0.480 e. The van der Waals surface area contributed by atoms with E-state index in [0.29, 0.717) is 5.56 Å². The predicted octanol–water partition coefficient (Wildman–Crippen LogP) is 0.645. The lowest BCUT2D eigenvalue weighted by Crippen LogP contribution is -2.31. The monoisotopic (exact) mass is 223 g/mol. The van der Waals surface area contributed by atoms with Crippen LogP contribution in [-0.4, -0.2) is 29.7 Å². The van der Waals surface area contributed by atoms with Crippen molar-refractivity contribution in [1.82, 2.24) is 0 Å². The number of aliphatic carboxylic acids is 1. The number of rotatable bonds is 5. The molecule has 1 aromatic carbocycles. The summed E-state index contributed by atoms with van der Waals surface area (Å²) in [5.74, 6) is -1.58. The highest BCUT2D eigenvalue weighted by atomic mass is 16.5. The third-order valence-corrected chi connectivity index (χ3v) is 1.99. The Morgan fingerprint density at radius 2 is 1.94 bits per heavy atom. The Labute approximate surface area is 92.8 Å². The Balaban J connectivity index is 2.34. The van der Waals surface area contributed by atoms with E-state index in [0.717, 1.165) is 0 Å². The molecule has 0 amide bonds. The number of esters is 1. The maximum Gasteiger partial charge on any atom is 0.338 e. The Morgan fingerprint density at radius 1 is 1.31 bits per heavy atom. The molecule has 16 heavy (non-hydrogen) atoms. The van der Waals surface area contributed by atoms with Crippen LogP contribution in [0.1, 0.15) is 16.8 Å². The summed E-state index contributed by atoms with van der Waals surface area (Å²) in [5, 5.41) is 8.50. The number of carbonyl (C=O) groups excluding carboxylic acids is 1. The first kappa shape index (κ1) is 12.2. The average Bonchev–Trinajstić information content (AvgIpc) is 2.29. The zero-order valence-corrected chi connectivity index (χ0v) is 8.63. The number of hydrogen-bond donors (Lipinski definition) is 2. The summed E-state index contributed by atoms with van der Waals surface area (Å²) < 4.78 is 4.87. The van der Waals surface area contributed by atoms with Crippen molar-refractivity contribution in [3.63, 3.8) is 0 Å². The van der Waals surface area contributed by atoms with Gasteiger partial charge in [0.15, 0.2) is 0 Å². The zero-order chi connectivity index (χ0) is 12.0. The van der Waals surface area contributed by atoms with E-state index in [1.807, 2.05) is 0 Å². The van der Waals surface area contributed by atoms with E-state index in [4.69, 9.17) is 15.6 Å². The van der Waals surface area contributed by atoms with Gasteiger partial charge in [0, 0.05) is 6.42 Å². The Morgan fingerprint density at radius 3 is 2.50 bits per heavy atom. The molecule has 0 saturated heterocycles. The molecule has 0 aliphatic heterocycles. The molecule has 1 atom stereocenters. The fraction of sp³-hybridized carbons (Fsp3) is 0.273. The second-order valence-electron chi connectivity index (χ2n) is 3.24. The number of nitrogens with two attached hydrogens (primary N) is 1. The van der Waals surface area contributed by atoms with E-state index < -0.39 is 18.0 Å². The Hall–Kier alpha value is -1.88. The van der Waals surface area contributed by atoms with E-state index in [9.17, 15) is 9.59 Å². The van der Waals surface area contributed by atoms with Gasteiger partial charge < -0.3 is 15.6 Å². The molecule has 0 saturated carbocycles. The van der Waals surface area contributed by atoms with Crippen LogP contribution in [0.2, 0.25) is 0 Å². The summed E-state index contributed by atoms with van der Waals surface area (Å²) in [6.45, 7) is 0.00118. The molecule has 3 N–H and O–H groups in total. The minimum absolute atomic E-state index is 0.00118. The van der Waals surface area contributed by atoms with Gasteiger partial charge in [-0.25, -0.2) is 4.79 Å². The molecule has 1 aromatic rings. The molecule has 0 heterocycles. The highest BCUT2D eigenvalue weighted by Gasteiger charge is 2.12. The van der Waals surface area contributed by atoms with Crippen LogP contribution in [-0.2, 0) is 9.53 Å². The second kappa shape index (κ2) is 5.87. The van der Waals surface area contributed by atoms with Gasteiger partial charge >= 0.3 is 11.9 Å². The third kappa shape index (κ3) is 3.70. The summed E-state index contributed by atoms with van der Waals surface area (Å²) in [6.07, 6.45) is 0.105. The molecule has 0 bridgehead atoms. The molecule has 0 aliphatic carbocycles. The van der Waals surface area contributed by atoms with Crippen molar-refractivity contribution in [2.45, 2.75) is 12.5 Å². The first-order chi connectivity index (χ1) is 7.61. The molecular weight excluding hydrogens is 210 g/mol. The zero-order valence-electron chi connectivity index (χ0n) is 8.63. The van der Waals surface area contributed by atoms with Crippen molar-refractivity contribution < 1.29 is 19.4 Å². The molecule has 1 rings (SSSR count). The van der Waals surface area contributed by atoms with Crippen LogP contribution in [0.3, 0.4) is 0 Å². The number of hydrogen-bond acceptors (Lipinski definition) is 4. The fourth-order valence-corrected chi connectivity index (χ4v) is 1.06. The molecule has 0 aliphatic rings. The first-order valence-corrected chi connectivity index (χ1v) is 4.82. The topological polar surface area (TPSA) is 89.6 Å². The molecule has 86 valence electrons. The van der Waals surface area contributed by atoms with Crippen LogP contribution in [0.15, 0.2) is 30.3 Å². The van der Waals surface area contributed by atoms with Crippen LogP contribution >= 0.6 is 0 Å². The molecule has 0 fully saturated rings. The first-order valence-electron chi connectivity index (χ1n) is 4.82. The number of benzene rings is 1. The van der Waals surface area contributed by atoms with E-state index in [-0.39, 0.29) is 13.0 Å². The number of carbonyl (C=O) groups is 2. The molecular formula is C11H13NO4. The van der Waals surface area contributed by atoms with Crippen molar-refractivity contribution in [2.24, 2.45) is 5.73 Å². The van der Waals surface area contributed by atoms with Crippen LogP contribution in [0.25, 0.3) is 0 Å². The summed E-state index contributed by atoms with van der Waals surface area (Å²) >= 11 is 0. The fourth-order valence-electron chi connectivity index (χ4n) is 1.06. The molecule has 0 aromatic heterocycles. The summed E-state index contributed by atoms with van der Waals surface area (Å²) in [7, 11) is 0. The van der Waals surface area contributed by atoms with Gasteiger partial charge in [-0.15, -0.1) is 0 Å². The molecule has 0 radical (unpaired) electrons. The van der Waals surface area contributed by atoms with E-state index in [1.54, 1.807) is 30.3 Å². The van der Waals surface area contributed by atoms with Gasteiger partial charge in [0.25, 0.3) is 0 Å². The van der Waals surface area contributed by atoms with Crippen LogP contribution in [0.4, 0.5) is 0 Å². The minimum atomic E-state index is -1.10. The number of carboxylic acid groups (broad SMARTS) is 1. The summed E-state index contributed by atoms with van der Waals surface area (Å²) in [5.41, 5.74) is 5.69. The second-order valence-corrected chi connectivity index (χ2v) is 3.24. The molecule has 5 nitrogen and oxygen atoms in total. The normalized spacial score (nSPS) is 11.8. The smallest absolute Gasteiger partial charge is 0.338 e.